The maximum atomic E-state index is 5.61. The SMILES string of the molecule is CNC(c1c(C)cc(C)cc1OC)C(C)(C)N(C)C. The molecule has 0 fully saturated rings. The minimum Gasteiger partial charge on any atom is -0.496 e. The van der Waals surface area contributed by atoms with Crippen LogP contribution < -0.4 is 10.1 Å². The van der Waals surface area contributed by atoms with E-state index in [2.05, 4.69) is 64.1 Å². The average Bonchev–Trinajstić information content (AvgIpc) is 2.31. The Balaban J connectivity index is 3.41. The van der Waals surface area contributed by atoms with E-state index in [4.69, 9.17) is 4.74 Å². The third-order valence-corrected chi connectivity index (χ3v) is 4.15. The highest BCUT2D eigenvalue weighted by atomic mass is 16.5. The first-order valence-corrected chi connectivity index (χ1v) is 6.75. The van der Waals surface area contributed by atoms with Crippen molar-refractivity contribution in [2.24, 2.45) is 0 Å². The van der Waals surface area contributed by atoms with Gasteiger partial charge in [-0.1, -0.05) is 6.07 Å². The van der Waals surface area contributed by atoms with Crippen LogP contribution in [-0.4, -0.2) is 38.7 Å². The summed E-state index contributed by atoms with van der Waals surface area (Å²) in [5, 5.41) is 3.45. The maximum Gasteiger partial charge on any atom is 0.124 e. The van der Waals surface area contributed by atoms with E-state index in [0.717, 1.165) is 5.75 Å². The number of benzene rings is 1. The molecule has 1 aromatic rings. The minimum atomic E-state index is -0.0119. The van der Waals surface area contributed by atoms with Crippen LogP contribution in [0.25, 0.3) is 0 Å². The van der Waals surface area contributed by atoms with Gasteiger partial charge in [0.1, 0.15) is 5.75 Å². The van der Waals surface area contributed by atoms with Gasteiger partial charge in [0.25, 0.3) is 0 Å². The van der Waals surface area contributed by atoms with Crippen LogP contribution in [-0.2, 0) is 0 Å². The molecule has 3 heteroatoms. The van der Waals surface area contributed by atoms with Crippen molar-refractivity contribution in [2.45, 2.75) is 39.3 Å². The number of methoxy groups -OCH3 is 1. The fraction of sp³-hybridized carbons (Fsp3) is 0.625. The minimum absolute atomic E-state index is 0.0119. The molecule has 0 aromatic heterocycles. The summed E-state index contributed by atoms with van der Waals surface area (Å²) in [6, 6.07) is 4.53. The molecule has 3 nitrogen and oxygen atoms in total. The Morgan fingerprint density at radius 2 is 1.79 bits per heavy atom. The van der Waals surface area contributed by atoms with E-state index in [9.17, 15) is 0 Å². The summed E-state index contributed by atoms with van der Waals surface area (Å²) in [5.41, 5.74) is 3.73. The second-order valence-electron chi connectivity index (χ2n) is 5.97. The van der Waals surface area contributed by atoms with E-state index in [1.165, 1.54) is 16.7 Å². The molecule has 0 aliphatic carbocycles. The van der Waals surface area contributed by atoms with Crippen LogP contribution in [0.3, 0.4) is 0 Å². The lowest BCUT2D eigenvalue weighted by molar-refractivity contribution is 0.140. The van der Waals surface area contributed by atoms with Crippen molar-refractivity contribution in [2.75, 3.05) is 28.3 Å². The molecule has 0 aliphatic heterocycles. The molecule has 0 bridgehead atoms. The van der Waals surface area contributed by atoms with Gasteiger partial charge in [0.15, 0.2) is 0 Å². The Hall–Kier alpha value is -1.06. The Morgan fingerprint density at radius 1 is 1.21 bits per heavy atom. The van der Waals surface area contributed by atoms with Crippen LogP contribution >= 0.6 is 0 Å². The van der Waals surface area contributed by atoms with Gasteiger partial charge < -0.3 is 15.0 Å². The average molecular weight is 264 g/mol. The molecule has 1 atom stereocenters. The summed E-state index contributed by atoms with van der Waals surface area (Å²) in [6.45, 7) is 8.74. The topological polar surface area (TPSA) is 24.5 Å². The molecule has 0 spiro atoms. The molecular weight excluding hydrogens is 236 g/mol. The monoisotopic (exact) mass is 264 g/mol. The highest BCUT2D eigenvalue weighted by molar-refractivity contribution is 5.46. The summed E-state index contributed by atoms with van der Waals surface area (Å²) < 4.78 is 5.61. The van der Waals surface area contributed by atoms with Crippen LogP contribution in [0.15, 0.2) is 12.1 Å². The van der Waals surface area contributed by atoms with Crippen LogP contribution in [0.1, 0.15) is 36.6 Å². The number of aryl methyl sites for hydroxylation is 2. The molecule has 0 saturated carbocycles. The zero-order chi connectivity index (χ0) is 14.8. The largest absolute Gasteiger partial charge is 0.496 e. The number of nitrogens with one attached hydrogen (secondary N) is 1. The molecule has 19 heavy (non-hydrogen) atoms. The quantitative estimate of drug-likeness (QED) is 0.885. The highest BCUT2D eigenvalue weighted by Gasteiger charge is 2.34. The third-order valence-electron chi connectivity index (χ3n) is 4.15. The first-order valence-electron chi connectivity index (χ1n) is 6.75. The van der Waals surface area contributed by atoms with Gasteiger partial charge in [0.2, 0.25) is 0 Å². The van der Waals surface area contributed by atoms with Crippen molar-refractivity contribution in [1.29, 1.82) is 0 Å². The zero-order valence-corrected chi connectivity index (χ0v) is 13.6. The number of rotatable bonds is 5. The van der Waals surface area contributed by atoms with Crippen molar-refractivity contribution in [3.63, 3.8) is 0 Å². The summed E-state index contributed by atoms with van der Waals surface area (Å²) in [5.74, 6) is 0.965. The number of likely N-dealkylation sites (N-methyl/N-ethyl adjacent to an activating group) is 2. The van der Waals surface area contributed by atoms with E-state index in [1.807, 2.05) is 7.05 Å². The van der Waals surface area contributed by atoms with Gasteiger partial charge in [0.05, 0.1) is 13.2 Å². The number of nitrogens with zero attached hydrogens (tertiary/aromatic N) is 1. The second-order valence-corrected chi connectivity index (χ2v) is 5.97. The molecule has 0 amide bonds. The highest BCUT2D eigenvalue weighted by Crippen LogP contribution is 2.37. The summed E-state index contributed by atoms with van der Waals surface area (Å²) >= 11 is 0. The Bertz CT molecular complexity index is 439. The lowest BCUT2D eigenvalue weighted by atomic mass is 9.84. The van der Waals surface area contributed by atoms with Crippen LogP contribution in [0.4, 0.5) is 0 Å². The van der Waals surface area contributed by atoms with Gasteiger partial charge in [-0.15, -0.1) is 0 Å². The fourth-order valence-corrected chi connectivity index (χ4v) is 2.59. The van der Waals surface area contributed by atoms with Gasteiger partial charge in [-0.05, 0) is 66.0 Å². The van der Waals surface area contributed by atoms with Crippen molar-refractivity contribution >= 4 is 0 Å². The fourth-order valence-electron chi connectivity index (χ4n) is 2.59. The molecule has 0 heterocycles. The molecule has 1 unspecified atom stereocenters. The van der Waals surface area contributed by atoms with Crippen molar-refractivity contribution in [3.8, 4) is 5.75 Å². The van der Waals surface area contributed by atoms with Gasteiger partial charge >= 0.3 is 0 Å². The van der Waals surface area contributed by atoms with Gasteiger partial charge in [-0.25, -0.2) is 0 Å². The number of hydrogen-bond acceptors (Lipinski definition) is 3. The molecule has 108 valence electrons. The maximum absolute atomic E-state index is 5.61. The van der Waals surface area contributed by atoms with Crippen LogP contribution in [0, 0.1) is 13.8 Å². The van der Waals surface area contributed by atoms with Crippen molar-refractivity contribution < 1.29 is 4.74 Å². The van der Waals surface area contributed by atoms with E-state index in [0.29, 0.717) is 0 Å². The lowest BCUT2D eigenvalue weighted by Gasteiger charge is -2.41. The summed E-state index contributed by atoms with van der Waals surface area (Å²) in [4.78, 5) is 2.24. The van der Waals surface area contributed by atoms with Crippen LogP contribution in [0.2, 0.25) is 0 Å². The van der Waals surface area contributed by atoms with E-state index in [-0.39, 0.29) is 11.6 Å². The van der Waals surface area contributed by atoms with E-state index in [1.54, 1.807) is 7.11 Å². The molecule has 0 radical (unpaired) electrons. The van der Waals surface area contributed by atoms with Crippen molar-refractivity contribution in [1.82, 2.24) is 10.2 Å². The molecule has 0 aliphatic rings. The van der Waals surface area contributed by atoms with Crippen LogP contribution in [0.5, 0.6) is 5.75 Å². The predicted octanol–water partition coefficient (Wildman–Crippen LogP) is 2.91. The summed E-state index contributed by atoms with van der Waals surface area (Å²) in [7, 11) is 7.97. The Morgan fingerprint density at radius 3 is 2.21 bits per heavy atom. The zero-order valence-electron chi connectivity index (χ0n) is 13.6. The standard InChI is InChI=1S/C16H28N2O/c1-11-9-12(2)14(13(10-11)19-8)15(17-5)16(3,4)18(6)7/h9-10,15,17H,1-8H3. The van der Waals surface area contributed by atoms with Gasteiger partial charge in [-0.3, -0.25) is 0 Å². The molecular formula is C16H28N2O. The normalized spacial score (nSPS) is 13.7. The number of hydrogen-bond donors (Lipinski definition) is 1. The first-order chi connectivity index (χ1) is 8.75. The van der Waals surface area contributed by atoms with E-state index >= 15 is 0 Å². The second kappa shape index (κ2) is 5.93. The molecule has 0 saturated heterocycles. The Labute approximate surface area is 118 Å². The number of ether oxygens (including phenoxy) is 1. The smallest absolute Gasteiger partial charge is 0.124 e. The molecule has 1 aromatic carbocycles. The Kier molecular flexibility index (Phi) is 4.99. The first kappa shape index (κ1) is 16.0. The van der Waals surface area contributed by atoms with Gasteiger partial charge in [0, 0.05) is 11.1 Å². The predicted molar refractivity (Wildman–Crippen MR) is 82.0 cm³/mol. The molecule has 1 rings (SSSR count). The summed E-state index contributed by atoms with van der Waals surface area (Å²) in [6.07, 6.45) is 0. The third kappa shape index (κ3) is 3.10. The molecule has 1 N–H and O–H groups in total. The van der Waals surface area contributed by atoms with Gasteiger partial charge in [-0.2, -0.15) is 0 Å². The lowest BCUT2D eigenvalue weighted by Crippen LogP contribution is -2.48. The van der Waals surface area contributed by atoms with E-state index < -0.39 is 0 Å². The van der Waals surface area contributed by atoms with Crippen molar-refractivity contribution in [3.05, 3.63) is 28.8 Å².